The standard InChI is InChI=1S/C13H20O2/c1-5-14-12-6-11(4)7-13(8-12)15-9-10(2)3/h6-8,10H,5,9H2,1-4H3. The second-order valence-corrected chi connectivity index (χ2v) is 4.12. The Balaban J connectivity index is 2.70. The van der Waals surface area contributed by atoms with E-state index in [0.717, 1.165) is 18.1 Å². The Hall–Kier alpha value is -1.18. The molecule has 0 aliphatic carbocycles. The first-order chi connectivity index (χ1) is 7.11. The molecule has 15 heavy (non-hydrogen) atoms. The summed E-state index contributed by atoms with van der Waals surface area (Å²) < 4.78 is 11.1. The van der Waals surface area contributed by atoms with Gasteiger partial charge in [0.25, 0.3) is 0 Å². The van der Waals surface area contributed by atoms with Crippen LogP contribution in [0.15, 0.2) is 18.2 Å². The van der Waals surface area contributed by atoms with Gasteiger partial charge in [-0.1, -0.05) is 13.8 Å². The molecule has 0 radical (unpaired) electrons. The van der Waals surface area contributed by atoms with Crippen LogP contribution in [0.1, 0.15) is 26.3 Å². The highest BCUT2D eigenvalue weighted by Crippen LogP contribution is 2.22. The molecule has 0 atom stereocenters. The Kier molecular flexibility index (Phi) is 4.47. The lowest BCUT2D eigenvalue weighted by Gasteiger charge is -2.11. The number of aryl methyl sites for hydroxylation is 1. The SMILES string of the molecule is CCOc1cc(C)cc(OCC(C)C)c1. The maximum absolute atomic E-state index is 5.66. The molecule has 0 aliphatic heterocycles. The summed E-state index contributed by atoms with van der Waals surface area (Å²) in [6, 6.07) is 6.00. The lowest BCUT2D eigenvalue weighted by Crippen LogP contribution is -2.04. The van der Waals surface area contributed by atoms with E-state index < -0.39 is 0 Å². The maximum atomic E-state index is 5.66. The second kappa shape index (κ2) is 5.64. The molecule has 0 amide bonds. The lowest BCUT2D eigenvalue weighted by atomic mass is 10.2. The minimum Gasteiger partial charge on any atom is -0.494 e. The van der Waals surface area contributed by atoms with Gasteiger partial charge in [0.05, 0.1) is 13.2 Å². The highest BCUT2D eigenvalue weighted by Gasteiger charge is 2.01. The topological polar surface area (TPSA) is 18.5 Å². The fourth-order valence-corrected chi connectivity index (χ4v) is 1.31. The Morgan fingerprint density at radius 2 is 1.67 bits per heavy atom. The van der Waals surface area contributed by atoms with Crippen LogP contribution >= 0.6 is 0 Å². The second-order valence-electron chi connectivity index (χ2n) is 4.12. The van der Waals surface area contributed by atoms with Gasteiger partial charge in [0.1, 0.15) is 11.5 Å². The summed E-state index contributed by atoms with van der Waals surface area (Å²) >= 11 is 0. The summed E-state index contributed by atoms with van der Waals surface area (Å²) in [6.45, 7) is 9.74. The first-order valence-electron chi connectivity index (χ1n) is 5.49. The van der Waals surface area contributed by atoms with Crippen molar-refractivity contribution in [1.82, 2.24) is 0 Å². The smallest absolute Gasteiger partial charge is 0.123 e. The third-order valence-electron chi connectivity index (χ3n) is 1.92. The maximum Gasteiger partial charge on any atom is 0.123 e. The Bertz CT molecular complexity index is 305. The van der Waals surface area contributed by atoms with Crippen molar-refractivity contribution in [2.45, 2.75) is 27.7 Å². The van der Waals surface area contributed by atoms with Crippen LogP contribution in [0, 0.1) is 12.8 Å². The van der Waals surface area contributed by atoms with Crippen LogP contribution in [0.4, 0.5) is 0 Å². The van der Waals surface area contributed by atoms with Crippen LogP contribution in [-0.4, -0.2) is 13.2 Å². The van der Waals surface area contributed by atoms with Gasteiger partial charge in [-0.2, -0.15) is 0 Å². The van der Waals surface area contributed by atoms with E-state index in [1.54, 1.807) is 0 Å². The van der Waals surface area contributed by atoms with Crippen LogP contribution in [-0.2, 0) is 0 Å². The summed E-state index contributed by atoms with van der Waals surface area (Å²) in [5.41, 5.74) is 1.17. The molecule has 2 heteroatoms. The molecule has 0 spiro atoms. The van der Waals surface area contributed by atoms with Crippen molar-refractivity contribution >= 4 is 0 Å². The van der Waals surface area contributed by atoms with Gasteiger partial charge in [-0.25, -0.2) is 0 Å². The van der Waals surface area contributed by atoms with Gasteiger partial charge in [0, 0.05) is 6.07 Å². The van der Waals surface area contributed by atoms with E-state index in [4.69, 9.17) is 9.47 Å². The van der Waals surface area contributed by atoms with Crippen LogP contribution in [0.3, 0.4) is 0 Å². The minimum absolute atomic E-state index is 0.543. The van der Waals surface area contributed by atoms with Crippen LogP contribution < -0.4 is 9.47 Å². The third kappa shape index (κ3) is 4.24. The third-order valence-corrected chi connectivity index (χ3v) is 1.92. The molecule has 1 aromatic carbocycles. The molecule has 0 heterocycles. The largest absolute Gasteiger partial charge is 0.494 e. The summed E-state index contributed by atoms with van der Waals surface area (Å²) in [4.78, 5) is 0. The predicted octanol–water partition coefficient (Wildman–Crippen LogP) is 3.43. The van der Waals surface area contributed by atoms with Gasteiger partial charge in [0.15, 0.2) is 0 Å². The average Bonchev–Trinajstić information content (AvgIpc) is 2.14. The molecule has 84 valence electrons. The van der Waals surface area contributed by atoms with E-state index in [-0.39, 0.29) is 0 Å². The van der Waals surface area contributed by atoms with Crippen molar-refractivity contribution in [2.75, 3.05) is 13.2 Å². The zero-order valence-corrected chi connectivity index (χ0v) is 10.0. The quantitative estimate of drug-likeness (QED) is 0.738. The number of ether oxygens (including phenoxy) is 2. The van der Waals surface area contributed by atoms with Gasteiger partial charge in [-0.05, 0) is 37.5 Å². The average molecular weight is 208 g/mol. The molecule has 0 aliphatic rings. The van der Waals surface area contributed by atoms with Crippen molar-refractivity contribution in [3.05, 3.63) is 23.8 Å². The van der Waals surface area contributed by atoms with Gasteiger partial charge >= 0.3 is 0 Å². The Morgan fingerprint density at radius 3 is 2.20 bits per heavy atom. The van der Waals surface area contributed by atoms with Gasteiger partial charge in [-0.15, -0.1) is 0 Å². The molecule has 0 saturated heterocycles. The number of rotatable bonds is 5. The zero-order valence-electron chi connectivity index (χ0n) is 10.0. The van der Waals surface area contributed by atoms with Gasteiger partial charge < -0.3 is 9.47 Å². The monoisotopic (exact) mass is 208 g/mol. The fourth-order valence-electron chi connectivity index (χ4n) is 1.31. The molecule has 0 N–H and O–H groups in total. The van der Waals surface area contributed by atoms with Crippen molar-refractivity contribution < 1.29 is 9.47 Å². The molecular weight excluding hydrogens is 188 g/mol. The van der Waals surface area contributed by atoms with E-state index in [1.165, 1.54) is 5.56 Å². The van der Waals surface area contributed by atoms with E-state index >= 15 is 0 Å². The Labute approximate surface area is 92.2 Å². The molecule has 0 saturated carbocycles. The summed E-state index contributed by atoms with van der Waals surface area (Å²) in [6.07, 6.45) is 0. The van der Waals surface area contributed by atoms with E-state index in [0.29, 0.717) is 12.5 Å². The van der Waals surface area contributed by atoms with E-state index in [1.807, 2.05) is 32.0 Å². The fraction of sp³-hybridized carbons (Fsp3) is 0.538. The molecule has 0 fully saturated rings. The molecular formula is C13H20O2. The predicted molar refractivity (Wildman–Crippen MR) is 62.7 cm³/mol. The minimum atomic E-state index is 0.543. The molecule has 0 unspecified atom stereocenters. The summed E-state index contributed by atoms with van der Waals surface area (Å²) in [7, 11) is 0. The van der Waals surface area contributed by atoms with Crippen molar-refractivity contribution in [2.24, 2.45) is 5.92 Å². The van der Waals surface area contributed by atoms with Gasteiger partial charge in [0.2, 0.25) is 0 Å². The molecule has 2 nitrogen and oxygen atoms in total. The lowest BCUT2D eigenvalue weighted by molar-refractivity contribution is 0.268. The first kappa shape index (κ1) is 11.9. The molecule has 0 aromatic heterocycles. The number of hydrogen-bond acceptors (Lipinski definition) is 2. The Morgan fingerprint density at radius 1 is 1.07 bits per heavy atom. The van der Waals surface area contributed by atoms with Crippen molar-refractivity contribution in [3.8, 4) is 11.5 Å². The van der Waals surface area contributed by atoms with Crippen LogP contribution in [0.2, 0.25) is 0 Å². The zero-order chi connectivity index (χ0) is 11.3. The van der Waals surface area contributed by atoms with Crippen LogP contribution in [0.25, 0.3) is 0 Å². The van der Waals surface area contributed by atoms with E-state index in [2.05, 4.69) is 13.8 Å². The highest BCUT2D eigenvalue weighted by molar-refractivity contribution is 5.37. The summed E-state index contributed by atoms with van der Waals surface area (Å²) in [5, 5.41) is 0. The van der Waals surface area contributed by atoms with Crippen LogP contribution in [0.5, 0.6) is 11.5 Å². The summed E-state index contributed by atoms with van der Waals surface area (Å²) in [5.74, 6) is 2.32. The van der Waals surface area contributed by atoms with E-state index in [9.17, 15) is 0 Å². The normalized spacial score (nSPS) is 10.5. The molecule has 1 rings (SSSR count). The highest BCUT2D eigenvalue weighted by atomic mass is 16.5. The molecule has 1 aromatic rings. The first-order valence-corrected chi connectivity index (χ1v) is 5.49. The van der Waals surface area contributed by atoms with Crippen molar-refractivity contribution in [1.29, 1.82) is 0 Å². The number of hydrogen-bond donors (Lipinski definition) is 0. The number of benzene rings is 1. The van der Waals surface area contributed by atoms with Gasteiger partial charge in [-0.3, -0.25) is 0 Å². The molecule has 0 bridgehead atoms. The van der Waals surface area contributed by atoms with Crippen molar-refractivity contribution in [3.63, 3.8) is 0 Å².